The first-order valence-corrected chi connectivity index (χ1v) is 10.3. The molecule has 1 heterocycles. The molecular formula is C22H22F3N3O4. The Morgan fingerprint density at radius 2 is 1.91 bits per heavy atom. The first-order chi connectivity index (χ1) is 15.0. The quantitative estimate of drug-likeness (QED) is 0.618. The van der Waals surface area contributed by atoms with E-state index in [1.165, 1.54) is 24.3 Å². The Morgan fingerprint density at radius 1 is 1.25 bits per heavy atom. The molecule has 32 heavy (non-hydrogen) atoms. The number of hydrogen-bond donors (Lipinski definition) is 2. The number of alkyl halides is 3. The van der Waals surface area contributed by atoms with Crippen LogP contribution in [-0.4, -0.2) is 47.1 Å². The number of benzene rings is 1. The molecule has 170 valence electrons. The number of primary amides is 1. The molecule has 3 aliphatic rings. The maximum atomic E-state index is 13.5. The number of hydrogen-bond acceptors (Lipinski definition) is 4. The van der Waals surface area contributed by atoms with Crippen LogP contribution in [0.25, 0.3) is 0 Å². The van der Waals surface area contributed by atoms with Crippen LogP contribution in [0.4, 0.5) is 13.2 Å². The third-order valence-electron chi connectivity index (χ3n) is 6.36. The molecule has 3 N–H and O–H groups in total. The van der Waals surface area contributed by atoms with Crippen molar-refractivity contribution in [2.75, 3.05) is 0 Å². The number of rotatable bonds is 7. The summed E-state index contributed by atoms with van der Waals surface area (Å²) in [4.78, 5) is 39.2. The Morgan fingerprint density at radius 3 is 2.44 bits per heavy atom. The van der Waals surface area contributed by atoms with E-state index in [0.717, 1.165) is 6.42 Å². The molecule has 2 saturated carbocycles. The number of terminal acetylenes is 1. The Kier molecular flexibility index (Phi) is 5.31. The summed E-state index contributed by atoms with van der Waals surface area (Å²) in [6.07, 6.45) is 2.77. The molecule has 2 aliphatic carbocycles. The average molecular weight is 449 g/mol. The van der Waals surface area contributed by atoms with E-state index in [9.17, 15) is 27.6 Å². The van der Waals surface area contributed by atoms with Gasteiger partial charge in [0, 0.05) is 6.04 Å². The number of piperidine rings is 1. The molecule has 1 saturated heterocycles. The second-order valence-corrected chi connectivity index (χ2v) is 8.58. The van der Waals surface area contributed by atoms with E-state index < -0.39 is 35.7 Å². The summed E-state index contributed by atoms with van der Waals surface area (Å²) in [6.45, 7) is 0. The largest absolute Gasteiger partial charge is 0.573 e. The van der Waals surface area contributed by atoms with Crippen molar-refractivity contribution in [3.8, 4) is 18.1 Å². The van der Waals surface area contributed by atoms with Crippen molar-refractivity contribution in [3.05, 3.63) is 29.8 Å². The lowest BCUT2D eigenvalue weighted by Gasteiger charge is -2.31. The highest BCUT2D eigenvalue weighted by molar-refractivity contribution is 5.96. The fourth-order valence-electron chi connectivity index (χ4n) is 4.58. The van der Waals surface area contributed by atoms with Crippen LogP contribution >= 0.6 is 0 Å². The van der Waals surface area contributed by atoms with Gasteiger partial charge in [0.05, 0.1) is 17.9 Å². The van der Waals surface area contributed by atoms with Gasteiger partial charge in [0.15, 0.2) is 0 Å². The molecule has 1 aliphatic heterocycles. The van der Waals surface area contributed by atoms with Gasteiger partial charge in [0.1, 0.15) is 11.8 Å². The Labute approximate surface area is 182 Å². The molecular weight excluding hydrogens is 427 g/mol. The average Bonchev–Trinajstić information content (AvgIpc) is 3.63. The monoisotopic (exact) mass is 449 g/mol. The van der Waals surface area contributed by atoms with E-state index in [0.29, 0.717) is 24.8 Å². The lowest BCUT2D eigenvalue weighted by Crippen LogP contribution is -2.53. The maximum Gasteiger partial charge on any atom is 0.573 e. The molecule has 3 fully saturated rings. The van der Waals surface area contributed by atoms with Crippen molar-refractivity contribution >= 4 is 17.7 Å². The van der Waals surface area contributed by atoms with E-state index in [-0.39, 0.29) is 30.0 Å². The summed E-state index contributed by atoms with van der Waals surface area (Å²) in [7, 11) is 0. The number of nitrogens with zero attached hydrogens (tertiary/aromatic N) is 1. The van der Waals surface area contributed by atoms with Crippen molar-refractivity contribution in [1.29, 1.82) is 0 Å². The summed E-state index contributed by atoms with van der Waals surface area (Å²) in [5.74, 6) is 0.897. The molecule has 10 heteroatoms. The Hall–Kier alpha value is -3.22. The van der Waals surface area contributed by atoms with Crippen molar-refractivity contribution in [3.63, 3.8) is 0 Å². The predicted octanol–water partition coefficient (Wildman–Crippen LogP) is 1.60. The number of halogens is 3. The highest BCUT2D eigenvalue weighted by atomic mass is 19.4. The minimum Gasteiger partial charge on any atom is -0.406 e. The minimum absolute atomic E-state index is 0.0380. The molecule has 1 aromatic rings. The van der Waals surface area contributed by atoms with Crippen LogP contribution in [0.3, 0.4) is 0 Å². The van der Waals surface area contributed by atoms with Crippen LogP contribution in [0.5, 0.6) is 5.75 Å². The van der Waals surface area contributed by atoms with Gasteiger partial charge in [0.2, 0.25) is 17.7 Å². The zero-order chi connectivity index (χ0) is 23.3. The molecule has 1 aromatic carbocycles. The SMILES string of the molecule is C#C[C@H](CC(N)=O)NC(=O)[C@@H]1C[C@H]2C[C@H]2N1C(=O)C1(c2ccc(OC(F)(F)F)cc2)CC1. The summed E-state index contributed by atoms with van der Waals surface area (Å²) >= 11 is 0. The number of ether oxygens (including phenoxy) is 1. The smallest absolute Gasteiger partial charge is 0.406 e. The van der Waals surface area contributed by atoms with E-state index >= 15 is 0 Å². The fraction of sp³-hybridized carbons (Fsp3) is 0.500. The van der Waals surface area contributed by atoms with Crippen molar-refractivity contribution in [2.24, 2.45) is 11.7 Å². The van der Waals surface area contributed by atoms with Crippen LogP contribution in [0.1, 0.15) is 37.7 Å². The Balaban J connectivity index is 1.49. The third-order valence-corrected chi connectivity index (χ3v) is 6.36. The zero-order valence-electron chi connectivity index (χ0n) is 17.0. The van der Waals surface area contributed by atoms with Crippen LogP contribution in [0.2, 0.25) is 0 Å². The summed E-state index contributed by atoms with van der Waals surface area (Å²) < 4.78 is 41.1. The lowest BCUT2D eigenvalue weighted by atomic mass is 9.93. The fourth-order valence-corrected chi connectivity index (χ4v) is 4.58. The van der Waals surface area contributed by atoms with Crippen LogP contribution < -0.4 is 15.8 Å². The minimum atomic E-state index is -4.80. The van der Waals surface area contributed by atoms with Crippen LogP contribution in [0.15, 0.2) is 24.3 Å². The van der Waals surface area contributed by atoms with Gasteiger partial charge in [-0.3, -0.25) is 14.4 Å². The van der Waals surface area contributed by atoms with Gasteiger partial charge in [-0.15, -0.1) is 19.6 Å². The molecule has 4 atom stereocenters. The third kappa shape index (κ3) is 4.24. The molecule has 0 radical (unpaired) electrons. The number of nitrogens with two attached hydrogens (primary N) is 1. The molecule has 7 nitrogen and oxygen atoms in total. The Bertz CT molecular complexity index is 982. The van der Waals surface area contributed by atoms with Gasteiger partial charge in [-0.25, -0.2) is 0 Å². The van der Waals surface area contributed by atoms with Crippen molar-refractivity contribution in [1.82, 2.24) is 10.2 Å². The van der Waals surface area contributed by atoms with Gasteiger partial charge >= 0.3 is 6.36 Å². The van der Waals surface area contributed by atoms with Gasteiger partial charge in [0.25, 0.3) is 0 Å². The number of likely N-dealkylation sites (tertiary alicyclic amines) is 1. The van der Waals surface area contributed by atoms with Gasteiger partial charge in [-0.05, 0) is 49.3 Å². The van der Waals surface area contributed by atoms with Gasteiger partial charge in [-0.1, -0.05) is 18.1 Å². The van der Waals surface area contributed by atoms with Crippen molar-refractivity contribution in [2.45, 2.75) is 62.0 Å². The van der Waals surface area contributed by atoms with Crippen LogP contribution in [0, 0.1) is 18.3 Å². The molecule has 0 unspecified atom stereocenters. The van der Waals surface area contributed by atoms with Crippen LogP contribution in [-0.2, 0) is 19.8 Å². The number of nitrogens with one attached hydrogen (secondary N) is 1. The maximum absolute atomic E-state index is 13.5. The molecule has 3 amide bonds. The number of fused-ring (bicyclic) bond motifs is 1. The molecule has 4 rings (SSSR count). The van der Waals surface area contributed by atoms with E-state index in [2.05, 4.69) is 16.0 Å². The lowest BCUT2D eigenvalue weighted by molar-refractivity contribution is -0.274. The van der Waals surface area contributed by atoms with Gasteiger partial charge < -0.3 is 20.7 Å². The first-order valence-electron chi connectivity index (χ1n) is 10.3. The zero-order valence-corrected chi connectivity index (χ0v) is 17.0. The highest BCUT2D eigenvalue weighted by Gasteiger charge is 2.62. The van der Waals surface area contributed by atoms with Crippen molar-refractivity contribution < 1.29 is 32.3 Å². The molecule has 0 aromatic heterocycles. The predicted molar refractivity (Wildman–Crippen MR) is 106 cm³/mol. The standard InChI is InChI=1S/C22H22F3N3O4/c1-2-14(11-18(26)29)27-19(30)17-10-12-9-16(12)28(17)20(31)21(7-8-21)13-3-5-15(6-4-13)32-22(23,24)25/h1,3-6,12,14,16-17H,7-11H2,(H2,26,29)(H,27,30)/t12-,14-,16-,17+/m1/s1. The number of carbonyl (C=O) groups excluding carboxylic acids is 3. The van der Waals surface area contributed by atoms with E-state index in [4.69, 9.17) is 12.2 Å². The molecule has 0 spiro atoms. The summed E-state index contributed by atoms with van der Waals surface area (Å²) in [6, 6.07) is 3.69. The number of carbonyl (C=O) groups is 3. The normalized spacial score (nSPS) is 25.8. The summed E-state index contributed by atoms with van der Waals surface area (Å²) in [5, 5.41) is 2.61. The number of amides is 3. The second kappa shape index (κ2) is 7.73. The molecule has 0 bridgehead atoms. The second-order valence-electron chi connectivity index (χ2n) is 8.58. The van der Waals surface area contributed by atoms with E-state index in [1.807, 2.05) is 0 Å². The van der Waals surface area contributed by atoms with Gasteiger partial charge in [-0.2, -0.15) is 0 Å². The highest BCUT2D eigenvalue weighted by Crippen LogP contribution is 2.55. The van der Waals surface area contributed by atoms with E-state index in [1.54, 1.807) is 4.90 Å². The summed E-state index contributed by atoms with van der Waals surface area (Å²) in [5.41, 5.74) is 4.89. The topological polar surface area (TPSA) is 102 Å². The first kappa shape index (κ1) is 22.0.